The smallest absolute Gasteiger partial charge is 0.365 e. The van der Waals surface area contributed by atoms with E-state index in [9.17, 15) is 9.59 Å². The van der Waals surface area contributed by atoms with Gasteiger partial charge < -0.3 is 9.67 Å². The summed E-state index contributed by atoms with van der Waals surface area (Å²) < 4.78 is 1.77. The minimum absolute atomic E-state index is 0.0549. The van der Waals surface area contributed by atoms with Crippen molar-refractivity contribution in [3.63, 3.8) is 0 Å². The number of hydrogen-bond donors (Lipinski definition) is 1. The molecule has 0 radical (unpaired) electrons. The molecule has 82 valence electrons. The zero-order valence-electron chi connectivity index (χ0n) is 8.16. The zero-order chi connectivity index (χ0) is 11.5. The van der Waals surface area contributed by atoms with Crippen molar-refractivity contribution in [3.8, 4) is 0 Å². The summed E-state index contributed by atoms with van der Waals surface area (Å²) in [5, 5.41) is 10.5. The average molecular weight is 236 g/mol. The number of carboxylic acid groups (broad SMARTS) is 1. The SMILES string of the molecule is O=C(O)c1nc(Cn2ccc(=O)cc2)cs1. The molecule has 0 bridgehead atoms. The summed E-state index contributed by atoms with van der Waals surface area (Å²) in [6, 6.07) is 2.90. The van der Waals surface area contributed by atoms with Crippen LogP contribution in [0.15, 0.2) is 34.7 Å². The van der Waals surface area contributed by atoms with E-state index in [1.807, 2.05) is 0 Å². The lowest BCUT2D eigenvalue weighted by molar-refractivity contribution is 0.0696. The first-order valence-corrected chi connectivity index (χ1v) is 5.37. The molecular weight excluding hydrogens is 228 g/mol. The number of carboxylic acids is 1. The molecule has 2 heterocycles. The summed E-state index contributed by atoms with van der Waals surface area (Å²) in [5.41, 5.74) is 0.617. The minimum atomic E-state index is -1.02. The molecular formula is C10H8N2O3S. The Morgan fingerprint density at radius 3 is 2.69 bits per heavy atom. The topological polar surface area (TPSA) is 72.2 Å². The van der Waals surface area contributed by atoms with Crippen LogP contribution in [0.4, 0.5) is 0 Å². The normalized spacial score (nSPS) is 10.2. The van der Waals surface area contributed by atoms with Crippen LogP contribution < -0.4 is 5.43 Å². The molecule has 0 saturated carbocycles. The third-order valence-electron chi connectivity index (χ3n) is 1.94. The highest BCUT2D eigenvalue weighted by molar-refractivity contribution is 7.11. The molecule has 0 unspecified atom stereocenters. The molecule has 2 rings (SSSR count). The van der Waals surface area contributed by atoms with Crippen molar-refractivity contribution in [2.45, 2.75) is 6.54 Å². The summed E-state index contributed by atoms with van der Waals surface area (Å²) in [6.07, 6.45) is 3.28. The van der Waals surface area contributed by atoms with Crippen LogP contribution in [0.25, 0.3) is 0 Å². The van der Waals surface area contributed by atoms with Crippen LogP contribution >= 0.6 is 11.3 Å². The van der Waals surface area contributed by atoms with Gasteiger partial charge in [-0.15, -0.1) is 11.3 Å². The maximum absolute atomic E-state index is 10.9. The summed E-state index contributed by atoms with van der Waals surface area (Å²) in [4.78, 5) is 25.4. The number of pyridine rings is 1. The number of aromatic carboxylic acids is 1. The van der Waals surface area contributed by atoms with Crippen LogP contribution in [0.5, 0.6) is 0 Å². The number of aromatic nitrogens is 2. The predicted octanol–water partition coefficient (Wildman–Crippen LogP) is 1.05. The lowest BCUT2D eigenvalue weighted by Gasteiger charge is -2.01. The van der Waals surface area contributed by atoms with Crippen molar-refractivity contribution in [1.29, 1.82) is 0 Å². The van der Waals surface area contributed by atoms with Gasteiger partial charge in [-0.05, 0) is 0 Å². The molecule has 0 spiro atoms. The van der Waals surface area contributed by atoms with E-state index in [1.54, 1.807) is 22.3 Å². The summed E-state index contributed by atoms with van der Waals surface area (Å²) in [5.74, 6) is -1.02. The van der Waals surface area contributed by atoms with Gasteiger partial charge in [0.15, 0.2) is 5.43 Å². The van der Waals surface area contributed by atoms with E-state index in [2.05, 4.69) is 4.98 Å². The second kappa shape index (κ2) is 4.28. The number of carbonyl (C=O) groups is 1. The van der Waals surface area contributed by atoms with Crippen LogP contribution in [0.2, 0.25) is 0 Å². The van der Waals surface area contributed by atoms with Crippen LogP contribution in [0.3, 0.4) is 0 Å². The van der Waals surface area contributed by atoms with Crippen LogP contribution in [0.1, 0.15) is 15.5 Å². The van der Waals surface area contributed by atoms with Crippen molar-refractivity contribution < 1.29 is 9.90 Å². The van der Waals surface area contributed by atoms with Crippen molar-refractivity contribution in [2.24, 2.45) is 0 Å². The maximum atomic E-state index is 10.9. The second-order valence-corrected chi connectivity index (χ2v) is 4.01. The second-order valence-electron chi connectivity index (χ2n) is 3.16. The van der Waals surface area contributed by atoms with Gasteiger partial charge in [0.2, 0.25) is 5.01 Å². The number of thiazole rings is 1. The fraction of sp³-hybridized carbons (Fsp3) is 0.100. The van der Waals surface area contributed by atoms with E-state index in [1.165, 1.54) is 12.1 Å². The monoisotopic (exact) mass is 236 g/mol. The molecule has 0 aromatic carbocycles. The molecule has 2 aromatic heterocycles. The molecule has 0 atom stereocenters. The van der Waals surface area contributed by atoms with Gasteiger partial charge in [0, 0.05) is 29.9 Å². The predicted molar refractivity (Wildman–Crippen MR) is 58.9 cm³/mol. The lowest BCUT2D eigenvalue weighted by atomic mass is 10.4. The van der Waals surface area contributed by atoms with Crippen molar-refractivity contribution in [1.82, 2.24) is 9.55 Å². The van der Waals surface area contributed by atoms with Crippen molar-refractivity contribution in [2.75, 3.05) is 0 Å². The van der Waals surface area contributed by atoms with Crippen LogP contribution in [-0.4, -0.2) is 20.6 Å². The third-order valence-corrected chi connectivity index (χ3v) is 2.82. The molecule has 0 aliphatic carbocycles. The fourth-order valence-electron chi connectivity index (χ4n) is 1.21. The van der Waals surface area contributed by atoms with Crippen molar-refractivity contribution >= 4 is 17.3 Å². The first-order chi connectivity index (χ1) is 7.65. The molecule has 16 heavy (non-hydrogen) atoms. The van der Waals surface area contributed by atoms with E-state index in [4.69, 9.17) is 5.11 Å². The van der Waals surface area contributed by atoms with Gasteiger partial charge in [0.1, 0.15) is 0 Å². The summed E-state index contributed by atoms with van der Waals surface area (Å²) in [7, 11) is 0. The van der Waals surface area contributed by atoms with Gasteiger partial charge in [-0.1, -0.05) is 0 Å². The average Bonchev–Trinajstić information content (AvgIpc) is 2.70. The Labute approximate surface area is 94.6 Å². The molecule has 6 heteroatoms. The van der Waals surface area contributed by atoms with Crippen molar-refractivity contribution in [3.05, 3.63) is 50.8 Å². The summed E-state index contributed by atoms with van der Waals surface area (Å²) in [6.45, 7) is 0.462. The zero-order valence-corrected chi connectivity index (χ0v) is 8.98. The van der Waals surface area contributed by atoms with Gasteiger partial charge >= 0.3 is 5.97 Å². The van der Waals surface area contributed by atoms with E-state index in [-0.39, 0.29) is 10.4 Å². The lowest BCUT2D eigenvalue weighted by Crippen LogP contribution is -2.05. The van der Waals surface area contributed by atoms with Gasteiger partial charge in [0.25, 0.3) is 0 Å². The standard InChI is InChI=1S/C10H8N2O3S/c13-8-1-3-12(4-2-8)5-7-6-16-9(11-7)10(14)15/h1-4,6H,5H2,(H,14,15). The molecule has 1 N–H and O–H groups in total. The molecule has 0 aliphatic rings. The first kappa shape index (κ1) is 10.6. The Morgan fingerprint density at radius 1 is 1.44 bits per heavy atom. The molecule has 0 saturated heterocycles. The Bertz CT molecular complexity index is 553. The summed E-state index contributed by atoms with van der Waals surface area (Å²) >= 11 is 1.09. The van der Waals surface area contributed by atoms with E-state index < -0.39 is 5.97 Å². The molecule has 0 fully saturated rings. The van der Waals surface area contributed by atoms with E-state index in [0.29, 0.717) is 12.2 Å². The Morgan fingerprint density at radius 2 is 2.12 bits per heavy atom. The quantitative estimate of drug-likeness (QED) is 0.864. The Hall–Kier alpha value is -1.95. The first-order valence-electron chi connectivity index (χ1n) is 4.49. The van der Waals surface area contributed by atoms with E-state index in [0.717, 1.165) is 11.3 Å². The Kier molecular flexibility index (Phi) is 2.82. The Balaban J connectivity index is 2.17. The van der Waals surface area contributed by atoms with E-state index >= 15 is 0 Å². The maximum Gasteiger partial charge on any atom is 0.365 e. The highest BCUT2D eigenvalue weighted by atomic mass is 32.1. The number of rotatable bonds is 3. The fourth-order valence-corrected chi connectivity index (χ4v) is 1.86. The van der Waals surface area contributed by atoms with Gasteiger partial charge in [-0.25, -0.2) is 9.78 Å². The van der Waals surface area contributed by atoms with Gasteiger partial charge in [-0.3, -0.25) is 4.79 Å². The highest BCUT2D eigenvalue weighted by Crippen LogP contribution is 2.10. The third kappa shape index (κ3) is 2.34. The minimum Gasteiger partial charge on any atom is -0.476 e. The van der Waals surface area contributed by atoms with Gasteiger partial charge in [0.05, 0.1) is 12.2 Å². The number of nitrogens with zero attached hydrogens (tertiary/aromatic N) is 2. The van der Waals surface area contributed by atoms with Crippen LogP contribution in [0, 0.1) is 0 Å². The largest absolute Gasteiger partial charge is 0.476 e. The van der Waals surface area contributed by atoms with Crippen LogP contribution in [-0.2, 0) is 6.54 Å². The molecule has 5 nitrogen and oxygen atoms in total. The molecule has 0 aliphatic heterocycles. The molecule has 0 amide bonds. The number of hydrogen-bond acceptors (Lipinski definition) is 4. The molecule has 2 aromatic rings. The van der Waals surface area contributed by atoms with Gasteiger partial charge in [-0.2, -0.15) is 0 Å². The highest BCUT2D eigenvalue weighted by Gasteiger charge is 2.08.